The van der Waals surface area contributed by atoms with Crippen molar-refractivity contribution in [1.82, 2.24) is 5.43 Å². The molecular formula is C26H24Cl2N2O7. The minimum absolute atomic E-state index is 0.186. The molecule has 3 aromatic rings. The molecule has 0 spiro atoms. The molecule has 0 bridgehead atoms. The molecule has 3 rings (SSSR count). The summed E-state index contributed by atoms with van der Waals surface area (Å²) in [5.74, 6) is 0.312. The van der Waals surface area contributed by atoms with Gasteiger partial charge in [0, 0.05) is 5.02 Å². The number of nitrogens with one attached hydrogen (secondary N) is 1. The van der Waals surface area contributed by atoms with Crippen molar-refractivity contribution in [3.8, 4) is 28.7 Å². The van der Waals surface area contributed by atoms with Gasteiger partial charge in [0.1, 0.15) is 0 Å². The highest BCUT2D eigenvalue weighted by molar-refractivity contribution is 6.36. The quantitative estimate of drug-likeness (QED) is 0.157. The SMILES string of the molecule is CCOc1cc(/C=N/NC(=O)c2ccc(Cl)cc2Cl)ccc1OC(=O)c1cc(OC)c(OC)c(OC)c1. The minimum atomic E-state index is -0.659. The number of esters is 1. The van der Waals surface area contributed by atoms with Crippen molar-refractivity contribution in [2.24, 2.45) is 5.10 Å². The molecule has 1 amide bonds. The number of amides is 1. The maximum Gasteiger partial charge on any atom is 0.343 e. The molecule has 0 aromatic heterocycles. The van der Waals surface area contributed by atoms with Crippen molar-refractivity contribution >= 4 is 41.3 Å². The first-order valence-electron chi connectivity index (χ1n) is 10.9. The monoisotopic (exact) mass is 546 g/mol. The summed E-state index contributed by atoms with van der Waals surface area (Å²) in [6, 6.07) is 12.3. The highest BCUT2D eigenvalue weighted by atomic mass is 35.5. The van der Waals surface area contributed by atoms with Gasteiger partial charge in [0.25, 0.3) is 5.91 Å². The van der Waals surface area contributed by atoms with Crippen molar-refractivity contribution in [2.45, 2.75) is 6.92 Å². The van der Waals surface area contributed by atoms with Crippen LogP contribution >= 0.6 is 23.2 Å². The zero-order valence-corrected chi connectivity index (χ0v) is 22.0. The first kappa shape index (κ1) is 27.6. The molecule has 1 N–H and O–H groups in total. The summed E-state index contributed by atoms with van der Waals surface area (Å²) in [5.41, 5.74) is 3.40. The highest BCUT2D eigenvalue weighted by Gasteiger charge is 2.20. The number of hydrogen-bond acceptors (Lipinski definition) is 8. The van der Waals surface area contributed by atoms with E-state index in [1.807, 2.05) is 0 Å². The Kier molecular flexibility index (Phi) is 9.59. The van der Waals surface area contributed by atoms with Crippen LogP contribution in [0.4, 0.5) is 0 Å². The third-order valence-electron chi connectivity index (χ3n) is 4.93. The minimum Gasteiger partial charge on any atom is -0.493 e. The van der Waals surface area contributed by atoms with Crippen LogP contribution in [0.3, 0.4) is 0 Å². The molecule has 11 heteroatoms. The van der Waals surface area contributed by atoms with E-state index in [1.54, 1.807) is 31.2 Å². The maximum atomic E-state index is 12.9. The number of hydrazone groups is 1. The molecule has 0 heterocycles. The van der Waals surface area contributed by atoms with E-state index in [-0.39, 0.29) is 21.9 Å². The third kappa shape index (κ3) is 6.84. The van der Waals surface area contributed by atoms with Gasteiger partial charge in [-0.15, -0.1) is 0 Å². The molecule has 0 saturated heterocycles. The molecule has 0 unspecified atom stereocenters. The van der Waals surface area contributed by atoms with Gasteiger partial charge in [0.05, 0.1) is 50.3 Å². The Labute approximate surface area is 223 Å². The summed E-state index contributed by atoms with van der Waals surface area (Å²) in [4.78, 5) is 25.2. The van der Waals surface area contributed by atoms with Gasteiger partial charge < -0.3 is 23.7 Å². The summed E-state index contributed by atoms with van der Waals surface area (Å²) in [5, 5.41) is 4.58. The number of carbonyl (C=O) groups is 2. The largest absolute Gasteiger partial charge is 0.493 e. The van der Waals surface area contributed by atoms with Gasteiger partial charge in [0.15, 0.2) is 23.0 Å². The molecule has 0 saturated carbocycles. The van der Waals surface area contributed by atoms with E-state index in [4.69, 9.17) is 46.9 Å². The van der Waals surface area contributed by atoms with E-state index in [9.17, 15) is 9.59 Å². The van der Waals surface area contributed by atoms with Gasteiger partial charge in [0.2, 0.25) is 5.75 Å². The topological polar surface area (TPSA) is 105 Å². The number of benzene rings is 3. The van der Waals surface area contributed by atoms with Gasteiger partial charge in [-0.3, -0.25) is 4.79 Å². The van der Waals surface area contributed by atoms with Crippen molar-refractivity contribution in [2.75, 3.05) is 27.9 Å². The van der Waals surface area contributed by atoms with Crippen molar-refractivity contribution in [3.05, 3.63) is 75.3 Å². The lowest BCUT2D eigenvalue weighted by Crippen LogP contribution is -2.18. The maximum absolute atomic E-state index is 12.9. The van der Waals surface area contributed by atoms with E-state index >= 15 is 0 Å². The molecule has 0 atom stereocenters. The normalized spacial score (nSPS) is 10.6. The van der Waals surface area contributed by atoms with E-state index in [0.717, 1.165) is 0 Å². The van der Waals surface area contributed by atoms with Crippen molar-refractivity contribution in [3.63, 3.8) is 0 Å². The van der Waals surface area contributed by atoms with Crippen LogP contribution in [0.5, 0.6) is 28.7 Å². The standard InChI is InChI=1S/C26H24Cl2N2O7/c1-5-36-21-10-15(14-29-30-25(31)18-8-7-17(27)13-19(18)28)6-9-20(21)37-26(32)16-11-22(33-2)24(35-4)23(12-16)34-3/h6-14H,5H2,1-4H3,(H,30,31)/b29-14+. The van der Waals surface area contributed by atoms with Crippen LogP contribution in [0.1, 0.15) is 33.2 Å². The number of methoxy groups -OCH3 is 3. The van der Waals surface area contributed by atoms with Crippen LogP contribution < -0.4 is 29.1 Å². The average Bonchev–Trinajstić information content (AvgIpc) is 2.89. The van der Waals surface area contributed by atoms with E-state index in [1.165, 1.54) is 51.8 Å². The Bertz CT molecular complexity index is 1300. The Morgan fingerprint density at radius 1 is 0.892 bits per heavy atom. The third-order valence-corrected chi connectivity index (χ3v) is 5.47. The summed E-state index contributed by atoms with van der Waals surface area (Å²) in [6.07, 6.45) is 1.41. The van der Waals surface area contributed by atoms with Gasteiger partial charge >= 0.3 is 5.97 Å². The lowest BCUT2D eigenvalue weighted by molar-refractivity contribution is 0.0727. The molecule has 3 aromatic carbocycles. The first-order chi connectivity index (χ1) is 17.8. The molecule has 0 aliphatic heterocycles. The predicted octanol–water partition coefficient (Wildman–Crippen LogP) is 5.40. The lowest BCUT2D eigenvalue weighted by atomic mass is 10.1. The fraction of sp³-hybridized carbons (Fsp3) is 0.192. The van der Waals surface area contributed by atoms with Crippen molar-refractivity contribution in [1.29, 1.82) is 0 Å². The molecule has 9 nitrogen and oxygen atoms in total. The number of carbonyl (C=O) groups excluding carboxylic acids is 2. The van der Waals surface area contributed by atoms with Gasteiger partial charge in [-0.25, -0.2) is 10.2 Å². The summed E-state index contributed by atoms with van der Waals surface area (Å²) in [6.45, 7) is 2.11. The van der Waals surface area contributed by atoms with Gasteiger partial charge in [-0.2, -0.15) is 5.10 Å². The van der Waals surface area contributed by atoms with E-state index in [2.05, 4.69) is 10.5 Å². The van der Waals surface area contributed by atoms with Crippen LogP contribution in [-0.2, 0) is 0 Å². The summed E-state index contributed by atoms with van der Waals surface area (Å²) < 4.78 is 27.1. The Morgan fingerprint density at radius 3 is 2.19 bits per heavy atom. The second-order valence-electron chi connectivity index (χ2n) is 7.27. The zero-order chi connectivity index (χ0) is 26.9. The summed E-state index contributed by atoms with van der Waals surface area (Å²) >= 11 is 11.9. The number of rotatable bonds is 10. The smallest absolute Gasteiger partial charge is 0.343 e. The molecular weight excluding hydrogens is 523 g/mol. The second kappa shape index (κ2) is 12.8. The number of halogens is 2. The Morgan fingerprint density at radius 2 is 1.59 bits per heavy atom. The molecule has 37 heavy (non-hydrogen) atoms. The fourth-order valence-corrected chi connectivity index (χ4v) is 3.71. The van der Waals surface area contributed by atoms with Crippen molar-refractivity contribution < 1.29 is 33.3 Å². The number of ether oxygens (including phenoxy) is 5. The zero-order valence-electron chi connectivity index (χ0n) is 20.5. The molecule has 194 valence electrons. The van der Waals surface area contributed by atoms with Gasteiger partial charge in [-0.1, -0.05) is 23.2 Å². The van der Waals surface area contributed by atoms with Crippen LogP contribution in [0.25, 0.3) is 0 Å². The number of hydrogen-bond donors (Lipinski definition) is 1. The van der Waals surface area contributed by atoms with Crippen LogP contribution in [0.2, 0.25) is 10.0 Å². The van der Waals surface area contributed by atoms with E-state index < -0.39 is 11.9 Å². The van der Waals surface area contributed by atoms with E-state index in [0.29, 0.717) is 40.2 Å². The van der Waals surface area contributed by atoms with Crippen LogP contribution in [0, 0.1) is 0 Å². The number of nitrogens with zero attached hydrogens (tertiary/aromatic N) is 1. The first-order valence-corrected chi connectivity index (χ1v) is 11.6. The molecule has 0 aliphatic carbocycles. The Hall–Kier alpha value is -3.95. The average molecular weight is 547 g/mol. The predicted molar refractivity (Wildman–Crippen MR) is 140 cm³/mol. The highest BCUT2D eigenvalue weighted by Crippen LogP contribution is 2.39. The fourth-order valence-electron chi connectivity index (χ4n) is 3.21. The van der Waals surface area contributed by atoms with Crippen LogP contribution in [0.15, 0.2) is 53.6 Å². The molecule has 0 fully saturated rings. The summed E-state index contributed by atoms with van der Waals surface area (Å²) in [7, 11) is 4.37. The Balaban J connectivity index is 1.78. The molecule has 0 aliphatic rings. The van der Waals surface area contributed by atoms with Gasteiger partial charge in [-0.05, 0) is 61.0 Å². The van der Waals surface area contributed by atoms with Crippen LogP contribution in [-0.4, -0.2) is 46.0 Å². The second-order valence-corrected chi connectivity index (χ2v) is 8.11. The molecule has 0 radical (unpaired) electrons. The lowest BCUT2D eigenvalue weighted by Gasteiger charge is -2.15.